The van der Waals surface area contributed by atoms with E-state index >= 15 is 0 Å². The van der Waals surface area contributed by atoms with Crippen LogP contribution in [0.5, 0.6) is 0 Å². The van der Waals surface area contributed by atoms with Crippen LogP contribution < -0.4 is 10.6 Å². The molecule has 0 radical (unpaired) electrons. The van der Waals surface area contributed by atoms with Crippen LogP contribution in [0.2, 0.25) is 5.02 Å². The minimum Gasteiger partial charge on any atom is -0.462 e. The second kappa shape index (κ2) is 11.2. The first-order valence-electron chi connectivity index (χ1n) is 10.2. The number of Topliss-reactive ketones (excluding diaryl/α,β-unsaturated/α-hetero) is 1. The van der Waals surface area contributed by atoms with E-state index in [-0.39, 0.29) is 11.5 Å². The molecule has 1 atom stereocenters. The number of ketones is 1. The van der Waals surface area contributed by atoms with Gasteiger partial charge in [0.2, 0.25) is 5.78 Å². The van der Waals surface area contributed by atoms with E-state index in [1.165, 1.54) is 12.3 Å². The maximum absolute atomic E-state index is 13.1. The van der Waals surface area contributed by atoms with Crippen LogP contribution in [0.15, 0.2) is 71.3 Å². The summed E-state index contributed by atoms with van der Waals surface area (Å²) in [5.41, 5.74) is 1.29. The maximum Gasteiger partial charge on any atom is 0.338 e. The lowest BCUT2D eigenvalue weighted by molar-refractivity contribution is 0.0499. The fraction of sp³-hybridized carbons (Fsp3) is 0.208. The zero-order valence-corrected chi connectivity index (χ0v) is 18.2. The summed E-state index contributed by atoms with van der Waals surface area (Å²) < 4.78 is 10.3. The molecule has 0 saturated heterocycles. The molecule has 0 saturated carbocycles. The van der Waals surface area contributed by atoms with Gasteiger partial charge in [0, 0.05) is 16.3 Å². The second-order valence-corrected chi connectivity index (χ2v) is 7.40. The molecule has 1 amide bonds. The van der Waals surface area contributed by atoms with Crippen molar-refractivity contribution in [1.29, 1.82) is 0 Å². The van der Waals surface area contributed by atoms with Gasteiger partial charge in [0.05, 0.1) is 18.4 Å². The summed E-state index contributed by atoms with van der Waals surface area (Å²) in [7, 11) is 0. The Hall–Kier alpha value is -3.58. The lowest BCUT2D eigenvalue weighted by Gasteiger charge is -2.20. The third-order valence-electron chi connectivity index (χ3n) is 4.57. The third kappa shape index (κ3) is 6.21. The van der Waals surface area contributed by atoms with Crippen molar-refractivity contribution >= 4 is 34.9 Å². The van der Waals surface area contributed by atoms with E-state index in [0.29, 0.717) is 28.4 Å². The number of furan rings is 1. The van der Waals surface area contributed by atoms with Gasteiger partial charge in [-0.3, -0.25) is 9.59 Å². The average Bonchev–Trinajstić information content (AvgIpc) is 3.34. The summed E-state index contributed by atoms with van der Waals surface area (Å²) in [6.45, 7) is 2.38. The first-order chi connectivity index (χ1) is 15.5. The monoisotopic (exact) mass is 454 g/mol. The summed E-state index contributed by atoms with van der Waals surface area (Å²) in [5, 5.41) is 6.12. The standard InChI is InChI=1S/C24H23ClN2O5/c1-2-3-14-32-24(30)17-8-12-19(13-9-17)26-22(27-23(29)20-5-4-15-31-20)21(28)16-6-10-18(25)11-7-16/h4-13,15,22,26H,2-3,14H2,1H3,(H,27,29)/t22-/m1/s1. The number of hydrogen-bond donors (Lipinski definition) is 2. The van der Waals surface area contributed by atoms with Crippen LogP contribution in [0.3, 0.4) is 0 Å². The summed E-state index contributed by atoms with van der Waals surface area (Å²) >= 11 is 5.91. The highest BCUT2D eigenvalue weighted by Gasteiger charge is 2.24. The number of esters is 1. The Balaban J connectivity index is 1.75. The van der Waals surface area contributed by atoms with E-state index in [0.717, 1.165) is 12.8 Å². The van der Waals surface area contributed by atoms with E-state index in [4.69, 9.17) is 20.8 Å². The number of hydrogen-bond acceptors (Lipinski definition) is 6. The number of ether oxygens (including phenoxy) is 1. The molecular weight excluding hydrogens is 432 g/mol. The first-order valence-corrected chi connectivity index (χ1v) is 10.5. The summed E-state index contributed by atoms with van der Waals surface area (Å²) in [4.78, 5) is 37.6. The molecule has 166 valence electrons. The van der Waals surface area contributed by atoms with E-state index in [9.17, 15) is 14.4 Å². The molecule has 0 unspecified atom stereocenters. The largest absolute Gasteiger partial charge is 0.462 e. The van der Waals surface area contributed by atoms with Gasteiger partial charge in [-0.2, -0.15) is 0 Å². The van der Waals surface area contributed by atoms with Gasteiger partial charge < -0.3 is 19.8 Å². The van der Waals surface area contributed by atoms with Crippen LogP contribution in [-0.4, -0.2) is 30.4 Å². The highest BCUT2D eigenvalue weighted by molar-refractivity contribution is 6.30. The maximum atomic E-state index is 13.1. The number of unbranched alkanes of at least 4 members (excludes halogenated alkanes) is 1. The van der Waals surface area contributed by atoms with Crippen molar-refractivity contribution in [3.8, 4) is 0 Å². The molecule has 8 heteroatoms. The van der Waals surface area contributed by atoms with Crippen molar-refractivity contribution in [2.75, 3.05) is 11.9 Å². The predicted molar refractivity (Wildman–Crippen MR) is 121 cm³/mol. The molecule has 0 bridgehead atoms. The molecule has 0 fully saturated rings. The Morgan fingerprint density at radius 2 is 1.69 bits per heavy atom. The molecule has 32 heavy (non-hydrogen) atoms. The Labute approximate surface area is 190 Å². The SMILES string of the molecule is CCCCOC(=O)c1ccc(N[C@H](NC(=O)c2ccco2)C(=O)c2ccc(Cl)cc2)cc1. The summed E-state index contributed by atoms with van der Waals surface area (Å²) in [5.74, 6) is -1.26. The fourth-order valence-corrected chi connectivity index (χ4v) is 2.95. The molecule has 0 spiro atoms. The van der Waals surface area contributed by atoms with Crippen LogP contribution in [0.1, 0.15) is 51.0 Å². The first kappa shape index (κ1) is 23.1. The molecule has 3 rings (SSSR count). The van der Waals surface area contributed by atoms with Crippen molar-refractivity contribution in [3.63, 3.8) is 0 Å². The zero-order valence-electron chi connectivity index (χ0n) is 17.5. The van der Waals surface area contributed by atoms with Gasteiger partial charge in [-0.05, 0) is 67.1 Å². The minimum absolute atomic E-state index is 0.0749. The summed E-state index contributed by atoms with van der Waals surface area (Å²) in [6.07, 6.45) is 2.02. The summed E-state index contributed by atoms with van der Waals surface area (Å²) in [6, 6.07) is 15.9. The van der Waals surface area contributed by atoms with Crippen molar-refractivity contribution in [1.82, 2.24) is 5.32 Å². The smallest absolute Gasteiger partial charge is 0.338 e. The van der Waals surface area contributed by atoms with Crippen molar-refractivity contribution < 1.29 is 23.5 Å². The van der Waals surface area contributed by atoms with Gasteiger partial charge >= 0.3 is 5.97 Å². The topological polar surface area (TPSA) is 97.6 Å². The van der Waals surface area contributed by atoms with E-state index in [1.807, 2.05) is 6.92 Å². The van der Waals surface area contributed by atoms with Gasteiger partial charge in [0.25, 0.3) is 5.91 Å². The van der Waals surface area contributed by atoms with Crippen molar-refractivity contribution in [3.05, 3.63) is 88.8 Å². The molecule has 2 N–H and O–H groups in total. The minimum atomic E-state index is -1.09. The average molecular weight is 455 g/mol. The lowest BCUT2D eigenvalue weighted by atomic mass is 10.1. The number of rotatable bonds is 10. The number of nitrogens with one attached hydrogen (secondary N) is 2. The molecule has 0 aliphatic carbocycles. The van der Waals surface area contributed by atoms with Crippen molar-refractivity contribution in [2.24, 2.45) is 0 Å². The quantitative estimate of drug-likeness (QED) is 0.195. The fourth-order valence-electron chi connectivity index (χ4n) is 2.82. The molecule has 0 aliphatic rings. The third-order valence-corrected chi connectivity index (χ3v) is 4.83. The molecule has 7 nitrogen and oxygen atoms in total. The molecule has 1 heterocycles. The Bertz CT molecular complexity index is 1050. The predicted octanol–water partition coefficient (Wildman–Crippen LogP) is 4.94. The molecule has 0 aliphatic heterocycles. The Kier molecular flexibility index (Phi) is 8.05. The van der Waals surface area contributed by atoms with Crippen LogP contribution >= 0.6 is 11.6 Å². The van der Waals surface area contributed by atoms with Crippen LogP contribution in [0.25, 0.3) is 0 Å². The van der Waals surface area contributed by atoms with E-state index in [2.05, 4.69) is 10.6 Å². The molecule has 3 aromatic rings. The van der Waals surface area contributed by atoms with E-state index < -0.39 is 18.0 Å². The number of carbonyl (C=O) groups excluding carboxylic acids is 3. The van der Waals surface area contributed by atoms with Crippen LogP contribution in [0, 0.1) is 0 Å². The van der Waals surface area contributed by atoms with Crippen LogP contribution in [0.4, 0.5) is 5.69 Å². The van der Waals surface area contributed by atoms with Gasteiger partial charge in [0.15, 0.2) is 11.9 Å². The van der Waals surface area contributed by atoms with Crippen LogP contribution in [-0.2, 0) is 4.74 Å². The highest BCUT2D eigenvalue weighted by Crippen LogP contribution is 2.16. The Morgan fingerprint density at radius 3 is 2.31 bits per heavy atom. The normalized spacial score (nSPS) is 11.4. The number of halogens is 1. The number of amides is 1. The van der Waals surface area contributed by atoms with Gasteiger partial charge in [0.1, 0.15) is 0 Å². The van der Waals surface area contributed by atoms with Gasteiger partial charge in [-0.25, -0.2) is 4.79 Å². The Morgan fingerprint density at radius 1 is 1.00 bits per heavy atom. The number of anilines is 1. The zero-order chi connectivity index (χ0) is 22.9. The second-order valence-electron chi connectivity index (χ2n) is 6.97. The highest BCUT2D eigenvalue weighted by atomic mass is 35.5. The molecule has 2 aromatic carbocycles. The van der Waals surface area contributed by atoms with Crippen molar-refractivity contribution in [2.45, 2.75) is 25.9 Å². The molecular formula is C24H23ClN2O5. The number of carbonyl (C=O) groups is 3. The lowest BCUT2D eigenvalue weighted by Crippen LogP contribution is -2.46. The van der Waals surface area contributed by atoms with Gasteiger partial charge in [-0.15, -0.1) is 0 Å². The van der Waals surface area contributed by atoms with Gasteiger partial charge in [-0.1, -0.05) is 24.9 Å². The van der Waals surface area contributed by atoms with E-state index in [1.54, 1.807) is 54.6 Å². The molecule has 1 aromatic heterocycles. The number of benzene rings is 2.